The number of hydrogen-bond acceptors (Lipinski definition) is 5. The molecule has 22 heavy (non-hydrogen) atoms. The first-order valence-corrected chi connectivity index (χ1v) is 7.51. The maximum absolute atomic E-state index is 12.3. The summed E-state index contributed by atoms with van der Waals surface area (Å²) in [6.45, 7) is 3.99. The summed E-state index contributed by atoms with van der Waals surface area (Å²) < 4.78 is 5.13. The number of nitro groups is 1. The van der Waals surface area contributed by atoms with Gasteiger partial charge in [-0.3, -0.25) is 14.9 Å². The number of aryl methyl sites for hydroxylation is 2. The number of nitrogens with zero attached hydrogens (tertiary/aromatic N) is 1. The molecular formula is C15H16N2O4S. The fourth-order valence-corrected chi connectivity index (χ4v) is 3.08. The van der Waals surface area contributed by atoms with E-state index in [1.165, 1.54) is 36.6 Å². The van der Waals surface area contributed by atoms with Crippen molar-refractivity contribution in [3.8, 4) is 5.75 Å². The topological polar surface area (TPSA) is 81.5 Å². The van der Waals surface area contributed by atoms with Gasteiger partial charge in [-0.15, -0.1) is 11.3 Å². The van der Waals surface area contributed by atoms with Crippen molar-refractivity contribution >= 4 is 28.6 Å². The molecule has 1 amide bonds. The number of methoxy groups -OCH3 is 1. The molecule has 1 heterocycles. The van der Waals surface area contributed by atoms with Gasteiger partial charge in [0.15, 0.2) is 0 Å². The van der Waals surface area contributed by atoms with Crippen molar-refractivity contribution < 1.29 is 14.5 Å². The number of nitrogens with one attached hydrogen (secondary N) is 1. The number of nitro benzene ring substituents is 1. The minimum Gasteiger partial charge on any atom is -0.495 e. The molecule has 0 aliphatic rings. The Morgan fingerprint density at radius 3 is 2.68 bits per heavy atom. The van der Waals surface area contributed by atoms with Crippen LogP contribution in [0.2, 0.25) is 0 Å². The lowest BCUT2D eigenvalue weighted by Crippen LogP contribution is -2.11. The van der Waals surface area contributed by atoms with Gasteiger partial charge in [0.1, 0.15) is 5.75 Å². The first-order valence-electron chi connectivity index (χ1n) is 6.69. The maximum atomic E-state index is 12.3. The van der Waals surface area contributed by atoms with Gasteiger partial charge in [0.2, 0.25) is 0 Å². The summed E-state index contributed by atoms with van der Waals surface area (Å²) in [7, 11) is 1.45. The van der Waals surface area contributed by atoms with Crippen LogP contribution in [0.4, 0.5) is 11.4 Å². The summed E-state index contributed by atoms with van der Waals surface area (Å²) >= 11 is 1.40. The van der Waals surface area contributed by atoms with Crippen LogP contribution in [-0.2, 0) is 6.42 Å². The molecule has 7 heteroatoms. The molecule has 0 aliphatic carbocycles. The lowest BCUT2D eigenvalue weighted by molar-refractivity contribution is -0.384. The van der Waals surface area contributed by atoms with E-state index in [4.69, 9.17) is 4.74 Å². The monoisotopic (exact) mass is 320 g/mol. The normalized spacial score (nSPS) is 10.3. The number of non-ortho nitro benzene ring substituents is 1. The summed E-state index contributed by atoms with van der Waals surface area (Å²) in [4.78, 5) is 24.3. The lowest BCUT2D eigenvalue weighted by atomic mass is 10.2. The quantitative estimate of drug-likeness (QED) is 0.671. The molecule has 2 rings (SSSR count). The maximum Gasteiger partial charge on any atom is 0.271 e. The second kappa shape index (κ2) is 6.57. The molecular weight excluding hydrogens is 304 g/mol. The predicted molar refractivity (Wildman–Crippen MR) is 86.0 cm³/mol. The van der Waals surface area contributed by atoms with Gasteiger partial charge in [-0.25, -0.2) is 0 Å². The van der Waals surface area contributed by atoms with E-state index >= 15 is 0 Å². The van der Waals surface area contributed by atoms with Crippen LogP contribution in [0, 0.1) is 17.0 Å². The number of carbonyl (C=O) groups is 1. The van der Waals surface area contributed by atoms with Crippen molar-refractivity contribution in [2.75, 3.05) is 12.4 Å². The van der Waals surface area contributed by atoms with Gasteiger partial charge in [0, 0.05) is 17.0 Å². The molecule has 0 saturated carbocycles. The Kier molecular flexibility index (Phi) is 4.77. The van der Waals surface area contributed by atoms with Gasteiger partial charge in [0.25, 0.3) is 11.6 Å². The first-order chi connectivity index (χ1) is 10.5. The second-order valence-electron chi connectivity index (χ2n) is 4.64. The standard InChI is InChI=1S/C15H16N2O4S/c1-4-10-7-14(22-9(10)2)15(18)16-12-8-11(17(19)20)5-6-13(12)21-3/h5-8H,4H2,1-3H3,(H,16,18). The van der Waals surface area contributed by atoms with E-state index in [2.05, 4.69) is 5.32 Å². The van der Waals surface area contributed by atoms with Crippen LogP contribution in [0.15, 0.2) is 24.3 Å². The summed E-state index contributed by atoms with van der Waals surface area (Å²) in [5, 5.41) is 13.5. The predicted octanol–water partition coefficient (Wildman–Crippen LogP) is 3.79. The molecule has 116 valence electrons. The molecule has 1 aromatic heterocycles. The van der Waals surface area contributed by atoms with Crippen LogP contribution >= 0.6 is 11.3 Å². The van der Waals surface area contributed by atoms with E-state index < -0.39 is 4.92 Å². The van der Waals surface area contributed by atoms with Gasteiger partial charge in [-0.2, -0.15) is 0 Å². The van der Waals surface area contributed by atoms with Gasteiger partial charge in [-0.05, 0) is 31.0 Å². The number of amides is 1. The SMILES string of the molecule is CCc1cc(C(=O)Nc2cc([N+](=O)[O-])ccc2OC)sc1C. The summed E-state index contributed by atoms with van der Waals surface area (Å²) in [6.07, 6.45) is 0.857. The molecule has 0 saturated heterocycles. The van der Waals surface area contributed by atoms with Crippen molar-refractivity contribution in [2.45, 2.75) is 20.3 Å². The average Bonchev–Trinajstić information content (AvgIpc) is 2.88. The summed E-state index contributed by atoms with van der Waals surface area (Å²) in [5.74, 6) is 0.0783. The van der Waals surface area contributed by atoms with Crippen molar-refractivity contribution in [3.05, 3.63) is 49.7 Å². The Hall–Kier alpha value is -2.41. The van der Waals surface area contributed by atoms with Crippen LogP contribution in [0.1, 0.15) is 27.0 Å². The smallest absolute Gasteiger partial charge is 0.271 e. The Balaban J connectivity index is 2.30. The number of benzene rings is 1. The zero-order valence-electron chi connectivity index (χ0n) is 12.5. The van der Waals surface area contributed by atoms with Crippen LogP contribution < -0.4 is 10.1 Å². The number of carbonyl (C=O) groups excluding carboxylic acids is 1. The third-order valence-corrected chi connectivity index (χ3v) is 4.36. The molecule has 0 fully saturated rings. The van der Waals surface area contributed by atoms with Gasteiger partial charge in [0.05, 0.1) is 22.6 Å². The number of hydrogen-bond donors (Lipinski definition) is 1. The van der Waals surface area contributed by atoms with Crippen molar-refractivity contribution in [2.24, 2.45) is 0 Å². The number of anilines is 1. The molecule has 0 unspecified atom stereocenters. The fourth-order valence-electron chi connectivity index (χ4n) is 2.07. The van der Waals surface area contributed by atoms with Crippen molar-refractivity contribution in [3.63, 3.8) is 0 Å². The third-order valence-electron chi connectivity index (χ3n) is 3.27. The largest absolute Gasteiger partial charge is 0.495 e. The van der Waals surface area contributed by atoms with Crippen molar-refractivity contribution in [1.82, 2.24) is 0 Å². The van der Waals surface area contributed by atoms with Crippen LogP contribution in [0.5, 0.6) is 5.75 Å². The Morgan fingerprint density at radius 1 is 1.41 bits per heavy atom. The van der Waals surface area contributed by atoms with Gasteiger partial charge in [-0.1, -0.05) is 6.92 Å². The summed E-state index contributed by atoms with van der Waals surface area (Å²) in [5.41, 5.74) is 1.31. The molecule has 2 aromatic rings. The lowest BCUT2D eigenvalue weighted by Gasteiger charge is -2.09. The van der Waals surface area contributed by atoms with Crippen LogP contribution in [0.25, 0.3) is 0 Å². The Morgan fingerprint density at radius 2 is 2.14 bits per heavy atom. The fraction of sp³-hybridized carbons (Fsp3) is 0.267. The molecule has 0 aliphatic heterocycles. The molecule has 0 atom stereocenters. The third kappa shape index (κ3) is 3.25. The minimum absolute atomic E-state index is 0.104. The number of rotatable bonds is 5. The molecule has 0 spiro atoms. The Labute approximate surface area is 131 Å². The van der Waals surface area contributed by atoms with Crippen molar-refractivity contribution in [1.29, 1.82) is 0 Å². The van der Waals surface area contributed by atoms with Gasteiger partial charge < -0.3 is 10.1 Å². The minimum atomic E-state index is -0.514. The second-order valence-corrected chi connectivity index (χ2v) is 5.90. The highest BCUT2D eigenvalue weighted by Gasteiger charge is 2.16. The summed E-state index contributed by atoms with van der Waals surface area (Å²) in [6, 6.07) is 5.93. The zero-order valence-corrected chi connectivity index (χ0v) is 13.3. The van der Waals surface area contributed by atoms with Gasteiger partial charge >= 0.3 is 0 Å². The first kappa shape index (κ1) is 16.0. The number of ether oxygens (including phenoxy) is 1. The Bertz CT molecular complexity index is 724. The van der Waals surface area contributed by atoms with E-state index in [0.29, 0.717) is 10.6 Å². The van der Waals surface area contributed by atoms with E-state index in [1.54, 1.807) is 0 Å². The highest BCUT2D eigenvalue weighted by molar-refractivity contribution is 7.14. The molecule has 1 aromatic carbocycles. The van der Waals surface area contributed by atoms with E-state index in [0.717, 1.165) is 16.9 Å². The number of thiophene rings is 1. The average molecular weight is 320 g/mol. The van der Waals surface area contributed by atoms with Crippen LogP contribution in [0.3, 0.4) is 0 Å². The molecule has 0 bridgehead atoms. The molecule has 1 N–H and O–H groups in total. The van der Waals surface area contributed by atoms with E-state index in [-0.39, 0.29) is 17.3 Å². The molecule has 0 radical (unpaired) electrons. The van der Waals surface area contributed by atoms with Crippen LogP contribution in [-0.4, -0.2) is 17.9 Å². The highest BCUT2D eigenvalue weighted by atomic mass is 32.1. The molecule has 6 nitrogen and oxygen atoms in total. The van der Waals surface area contributed by atoms with E-state index in [1.807, 2.05) is 19.9 Å². The highest BCUT2D eigenvalue weighted by Crippen LogP contribution is 2.30. The zero-order chi connectivity index (χ0) is 16.3. The van der Waals surface area contributed by atoms with E-state index in [9.17, 15) is 14.9 Å².